The summed E-state index contributed by atoms with van der Waals surface area (Å²) in [5, 5.41) is 11.0. The summed E-state index contributed by atoms with van der Waals surface area (Å²) in [4.78, 5) is 13.9. The van der Waals surface area contributed by atoms with Gasteiger partial charge >= 0.3 is 0 Å². The van der Waals surface area contributed by atoms with E-state index in [1.54, 1.807) is 17.0 Å². The van der Waals surface area contributed by atoms with Crippen LogP contribution < -0.4 is 5.32 Å². The molecule has 0 aliphatic rings. The molecule has 0 radical (unpaired) electrons. The summed E-state index contributed by atoms with van der Waals surface area (Å²) in [6.45, 7) is 6.93. The van der Waals surface area contributed by atoms with Crippen molar-refractivity contribution >= 4 is 11.7 Å². The number of nitrogens with zero attached hydrogens (tertiary/aromatic N) is 3. The van der Waals surface area contributed by atoms with E-state index in [2.05, 4.69) is 22.4 Å². The number of rotatable bonds is 6. The Morgan fingerprint density at radius 3 is 2.61 bits per heavy atom. The minimum absolute atomic E-state index is 0.0773. The first-order valence-electron chi connectivity index (χ1n) is 6.44. The van der Waals surface area contributed by atoms with Crippen LogP contribution in [-0.2, 0) is 0 Å². The summed E-state index contributed by atoms with van der Waals surface area (Å²) in [6, 6.07) is 3.71. The van der Waals surface area contributed by atoms with Crippen LogP contribution in [-0.4, -0.2) is 40.6 Å². The van der Waals surface area contributed by atoms with Crippen molar-refractivity contribution in [2.75, 3.05) is 18.9 Å². The Kier molecular flexibility index (Phi) is 5.55. The number of carbonyl (C=O) groups is 1. The molecule has 1 N–H and O–H groups in total. The van der Waals surface area contributed by atoms with Gasteiger partial charge in [-0.25, -0.2) is 0 Å². The van der Waals surface area contributed by atoms with Crippen molar-refractivity contribution < 1.29 is 4.79 Å². The molecule has 0 aromatic carbocycles. The number of anilines is 1. The van der Waals surface area contributed by atoms with Gasteiger partial charge in [0.05, 0.1) is 0 Å². The molecule has 0 saturated heterocycles. The van der Waals surface area contributed by atoms with Gasteiger partial charge in [0, 0.05) is 19.6 Å². The molecule has 0 bridgehead atoms. The summed E-state index contributed by atoms with van der Waals surface area (Å²) in [7, 11) is 1.81. The topological polar surface area (TPSA) is 58.1 Å². The quantitative estimate of drug-likeness (QED) is 0.840. The minimum atomic E-state index is -0.0773. The highest BCUT2D eigenvalue weighted by molar-refractivity contribution is 5.92. The third-order valence-electron chi connectivity index (χ3n) is 2.93. The lowest BCUT2D eigenvalue weighted by Gasteiger charge is -2.24. The molecule has 0 saturated carbocycles. The number of nitrogens with one attached hydrogen (secondary N) is 1. The van der Waals surface area contributed by atoms with Crippen LogP contribution >= 0.6 is 0 Å². The highest BCUT2D eigenvalue weighted by Crippen LogP contribution is 2.09. The zero-order valence-corrected chi connectivity index (χ0v) is 11.6. The Morgan fingerprint density at radius 1 is 1.39 bits per heavy atom. The maximum absolute atomic E-state index is 12.1. The van der Waals surface area contributed by atoms with Gasteiger partial charge in [-0.3, -0.25) is 4.79 Å². The molecular formula is C13H22N4O. The van der Waals surface area contributed by atoms with Crippen LogP contribution in [0.5, 0.6) is 0 Å². The maximum Gasteiger partial charge on any atom is 0.274 e. The molecule has 1 heterocycles. The molecule has 0 aliphatic heterocycles. The first-order valence-corrected chi connectivity index (χ1v) is 6.44. The zero-order chi connectivity index (χ0) is 13.5. The molecule has 0 fully saturated rings. The Bertz CT molecular complexity index is 377. The first kappa shape index (κ1) is 14.4. The van der Waals surface area contributed by atoms with Crippen molar-refractivity contribution in [1.82, 2.24) is 15.1 Å². The van der Waals surface area contributed by atoms with Crippen molar-refractivity contribution in [3.05, 3.63) is 17.8 Å². The van der Waals surface area contributed by atoms with Gasteiger partial charge in [0.25, 0.3) is 5.91 Å². The highest BCUT2D eigenvalue weighted by atomic mass is 16.2. The second-order valence-corrected chi connectivity index (χ2v) is 4.39. The largest absolute Gasteiger partial charge is 0.369 e. The van der Waals surface area contributed by atoms with Gasteiger partial charge in [0.15, 0.2) is 5.69 Å². The highest BCUT2D eigenvalue weighted by Gasteiger charge is 2.18. The molecule has 100 valence electrons. The van der Waals surface area contributed by atoms with Crippen LogP contribution in [0.1, 0.15) is 44.1 Å². The van der Waals surface area contributed by atoms with E-state index in [9.17, 15) is 4.79 Å². The first-order chi connectivity index (χ1) is 8.60. The third kappa shape index (κ3) is 3.68. The minimum Gasteiger partial charge on any atom is -0.369 e. The van der Waals surface area contributed by atoms with Crippen LogP contribution in [0.25, 0.3) is 0 Å². The Labute approximate surface area is 109 Å². The molecule has 1 amide bonds. The molecule has 1 unspecified atom stereocenters. The zero-order valence-electron chi connectivity index (χ0n) is 11.6. The van der Waals surface area contributed by atoms with Gasteiger partial charge < -0.3 is 10.2 Å². The van der Waals surface area contributed by atoms with Gasteiger partial charge in [-0.2, -0.15) is 0 Å². The molecule has 0 spiro atoms. The molecule has 18 heavy (non-hydrogen) atoms. The SMILES string of the molecule is CCCC(C)N(C)C(=O)c1ccc(NCC)nn1. The molecule has 1 aromatic heterocycles. The molecule has 1 rings (SSSR count). The van der Waals surface area contributed by atoms with Crippen molar-refractivity contribution in [1.29, 1.82) is 0 Å². The number of aromatic nitrogens is 2. The number of amides is 1. The summed E-state index contributed by atoms with van der Waals surface area (Å²) in [6.07, 6.45) is 2.05. The normalized spacial score (nSPS) is 12.0. The lowest BCUT2D eigenvalue weighted by molar-refractivity contribution is 0.0729. The van der Waals surface area contributed by atoms with E-state index in [1.807, 2.05) is 20.9 Å². The molecule has 1 atom stereocenters. The monoisotopic (exact) mass is 250 g/mol. The lowest BCUT2D eigenvalue weighted by atomic mass is 10.1. The van der Waals surface area contributed by atoms with Crippen LogP contribution in [0.3, 0.4) is 0 Å². The van der Waals surface area contributed by atoms with Gasteiger partial charge in [-0.05, 0) is 32.4 Å². The average molecular weight is 250 g/mol. The van der Waals surface area contributed by atoms with Gasteiger partial charge in [-0.15, -0.1) is 10.2 Å². The predicted octanol–water partition coefficient (Wildman–Crippen LogP) is 2.17. The third-order valence-corrected chi connectivity index (χ3v) is 2.93. The molecular weight excluding hydrogens is 228 g/mol. The van der Waals surface area contributed by atoms with E-state index >= 15 is 0 Å². The second kappa shape index (κ2) is 6.93. The number of carbonyl (C=O) groups excluding carboxylic acids is 1. The van der Waals surface area contributed by atoms with E-state index in [-0.39, 0.29) is 11.9 Å². The number of hydrogen-bond donors (Lipinski definition) is 1. The molecule has 1 aromatic rings. The molecule has 5 nitrogen and oxygen atoms in total. The van der Waals surface area contributed by atoms with Crippen molar-refractivity contribution in [3.63, 3.8) is 0 Å². The van der Waals surface area contributed by atoms with Gasteiger partial charge in [0.2, 0.25) is 0 Å². The summed E-state index contributed by atoms with van der Waals surface area (Å²) in [5.41, 5.74) is 0.391. The van der Waals surface area contributed by atoms with Crippen LogP contribution in [0.4, 0.5) is 5.82 Å². The fourth-order valence-corrected chi connectivity index (χ4v) is 1.71. The van der Waals surface area contributed by atoms with Gasteiger partial charge in [0.1, 0.15) is 5.82 Å². The summed E-state index contributed by atoms with van der Waals surface area (Å²) < 4.78 is 0. The standard InChI is InChI=1S/C13H22N4O/c1-5-7-10(3)17(4)13(18)11-8-9-12(14-6-2)16-15-11/h8-10H,5-7H2,1-4H3,(H,14,16). The fraction of sp³-hybridized carbons (Fsp3) is 0.615. The van der Waals surface area contributed by atoms with E-state index in [1.165, 1.54) is 0 Å². The van der Waals surface area contributed by atoms with E-state index < -0.39 is 0 Å². The average Bonchev–Trinajstić information content (AvgIpc) is 2.38. The van der Waals surface area contributed by atoms with Crippen molar-refractivity contribution in [2.24, 2.45) is 0 Å². The van der Waals surface area contributed by atoms with Crippen LogP contribution in [0.2, 0.25) is 0 Å². The van der Waals surface area contributed by atoms with Crippen molar-refractivity contribution in [2.45, 2.75) is 39.7 Å². The van der Waals surface area contributed by atoms with Crippen LogP contribution in [0.15, 0.2) is 12.1 Å². The van der Waals surface area contributed by atoms with E-state index in [4.69, 9.17) is 0 Å². The second-order valence-electron chi connectivity index (χ2n) is 4.39. The Balaban J connectivity index is 2.71. The van der Waals surface area contributed by atoms with Crippen molar-refractivity contribution in [3.8, 4) is 0 Å². The summed E-state index contributed by atoms with van der Waals surface area (Å²) >= 11 is 0. The number of hydrogen-bond acceptors (Lipinski definition) is 4. The molecule has 0 aliphatic carbocycles. The smallest absolute Gasteiger partial charge is 0.274 e. The Morgan fingerprint density at radius 2 is 2.11 bits per heavy atom. The maximum atomic E-state index is 12.1. The molecule has 5 heteroatoms. The van der Waals surface area contributed by atoms with E-state index in [0.29, 0.717) is 11.5 Å². The lowest BCUT2D eigenvalue weighted by Crippen LogP contribution is -2.35. The predicted molar refractivity (Wildman–Crippen MR) is 72.7 cm³/mol. The van der Waals surface area contributed by atoms with Gasteiger partial charge in [-0.1, -0.05) is 13.3 Å². The van der Waals surface area contributed by atoms with E-state index in [0.717, 1.165) is 19.4 Å². The fourth-order valence-electron chi connectivity index (χ4n) is 1.71. The van der Waals surface area contributed by atoms with Crippen LogP contribution in [0, 0.1) is 0 Å². The summed E-state index contributed by atoms with van der Waals surface area (Å²) in [5.74, 6) is 0.616. The Hall–Kier alpha value is -1.65.